The van der Waals surface area contributed by atoms with Crippen molar-refractivity contribution >= 4 is 11.7 Å². The van der Waals surface area contributed by atoms with E-state index in [0.29, 0.717) is 18.1 Å². The van der Waals surface area contributed by atoms with E-state index < -0.39 is 6.10 Å². The fraction of sp³-hybridized carbons (Fsp3) is 0.304. The first kappa shape index (κ1) is 19.7. The van der Waals surface area contributed by atoms with Crippen molar-refractivity contribution in [2.45, 2.75) is 45.8 Å². The largest absolute Gasteiger partial charge is 0.481 e. The van der Waals surface area contributed by atoms with E-state index in [1.54, 1.807) is 23.9 Å². The van der Waals surface area contributed by atoms with Crippen LogP contribution in [0.1, 0.15) is 38.8 Å². The summed E-state index contributed by atoms with van der Waals surface area (Å²) in [7, 11) is 0. The van der Waals surface area contributed by atoms with Crippen LogP contribution >= 0.6 is 0 Å². The van der Waals surface area contributed by atoms with Crippen LogP contribution in [-0.2, 0) is 16.8 Å². The lowest BCUT2D eigenvalue weighted by atomic mass is 9.87. The molecular weight excluding hydrogens is 350 g/mol. The first-order chi connectivity index (χ1) is 13.3. The zero-order valence-electron chi connectivity index (χ0n) is 16.8. The first-order valence-corrected chi connectivity index (χ1v) is 9.47. The Morgan fingerprint density at radius 2 is 1.75 bits per heavy atom. The number of rotatable bonds is 6. The Hall–Kier alpha value is -3.08. The van der Waals surface area contributed by atoms with Gasteiger partial charge in [0, 0.05) is 6.07 Å². The molecule has 0 aliphatic heterocycles. The van der Waals surface area contributed by atoms with Gasteiger partial charge < -0.3 is 10.1 Å². The topological polar surface area (TPSA) is 56.1 Å². The van der Waals surface area contributed by atoms with Gasteiger partial charge in [-0.3, -0.25) is 4.79 Å². The minimum Gasteiger partial charge on any atom is -0.481 e. The molecule has 0 spiro atoms. The fourth-order valence-electron chi connectivity index (χ4n) is 2.84. The zero-order chi connectivity index (χ0) is 20.1. The normalized spacial score (nSPS) is 12.4. The SMILES string of the molecule is C[C@H](Oc1ccc(C(C)(C)C)cc1)C(=O)Nc1ccnn1Cc1ccccc1. The lowest BCUT2D eigenvalue weighted by Crippen LogP contribution is -2.31. The van der Waals surface area contributed by atoms with Crippen LogP contribution in [-0.4, -0.2) is 21.8 Å². The second kappa shape index (κ2) is 8.30. The van der Waals surface area contributed by atoms with Crippen molar-refractivity contribution in [3.05, 3.63) is 78.0 Å². The van der Waals surface area contributed by atoms with E-state index in [1.807, 2.05) is 54.6 Å². The lowest BCUT2D eigenvalue weighted by molar-refractivity contribution is -0.122. The van der Waals surface area contributed by atoms with Crippen LogP contribution in [0.5, 0.6) is 5.75 Å². The van der Waals surface area contributed by atoms with E-state index in [1.165, 1.54) is 5.56 Å². The maximum atomic E-state index is 12.6. The molecule has 3 rings (SSSR count). The first-order valence-electron chi connectivity index (χ1n) is 9.47. The molecule has 0 bridgehead atoms. The van der Waals surface area contributed by atoms with E-state index in [0.717, 1.165) is 5.56 Å². The Kier molecular flexibility index (Phi) is 5.83. The lowest BCUT2D eigenvalue weighted by Gasteiger charge is -2.20. The Balaban J connectivity index is 1.61. The number of hydrogen-bond donors (Lipinski definition) is 1. The molecule has 0 saturated heterocycles. The molecule has 0 aliphatic carbocycles. The van der Waals surface area contributed by atoms with Gasteiger partial charge in [0.25, 0.3) is 5.91 Å². The van der Waals surface area contributed by atoms with Crippen molar-refractivity contribution in [3.63, 3.8) is 0 Å². The number of benzene rings is 2. The van der Waals surface area contributed by atoms with Crippen LogP contribution in [0.4, 0.5) is 5.82 Å². The number of anilines is 1. The molecule has 1 aromatic heterocycles. The van der Waals surface area contributed by atoms with Crippen LogP contribution in [0.15, 0.2) is 66.9 Å². The summed E-state index contributed by atoms with van der Waals surface area (Å²) in [5.41, 5.74) is 2.42. The molecule has 28 heavy (non-hydrogen) atoms. The number of nitrogens with zero attached hydrogens (tertiary/aromatic N) is 2. The number of nitrogens with one attached hydrogen (secondary N) is 1. The summed E-state index contributed by atoms with van der Waals surface area (Å²) in [6, 6.07) is 19.7. The molecule has 0 aliphatic rings. The average molecular weight is 377 g/mol. The third-order valence-corrected chi connectivity index (χ3v) is 4.55. The predicted molar refractivity (Wildman–Crippen MR) is 112 cm³/mol. The Morgan fingerprint density at radius 1 is 1.07 bits per heavy atom. The molecular formula is C23H27N3O2. The number of aromatic nitrogens is 2. The minimum absolute atomic E-state index is 0.0820. The molecule has 5 nitrogen and oxygen atoms in total. The van der Waals surface area contributed by atoms with E-state index in [-0.39, 0.29) is 11.3 Å². The van der Waals surface area contributed by atoms with Gasteiger partial charge >= 0.3 is 0 Å². The van der Waals surface area contributed by atoms with Crippen LogP contribution in [0.2, 0.25) is 0 Å². The van der Waals surface area contributed by atoms with Gasteiger partial charge in [0.05, 0.1) is 12.7 Å². The van der Waals surface area contributed by atoms with Gasteiger partial charge in [-0.2, -0.15) is 5.10 Å². The Bertz CT molecular complexity index is 909. The number of hydrogen-bond acceptors (Lipinski definition) is 3. The van der Waals surface area contributed by atoms with Crippen molar-refractivity contribution in [1.29, 1.82) is 0 Å². The molecule has 146 valence electrons. The number of ether oxygens (including phenoxy) is 1. The molecule has 0 fully saturated rings. The number of carbonyl (C=O) groups excluding carboxylic acids is 1. The van der Waals surface area contributed by atoms with Crippen molar-refractivity contribution in [2.75, 3.05) is 5.32 Å². The second-order valence-corrected chi connectivity index (χ2v) is 7.88. The molecule has 5 heteroatoms. The van der Waals surface area contributed by atoms with Gasteiger partial charge in [-0.15, -0.1) is 0 Å². The van der Waals surface area contributed by atoms with Gasteiger partial charge in [0.2, 0.25) is 0 Å². The summed E-state index contributed by atoms with van der Waals surface area (Å²) >= 11 is 0. The summed E-state index contributed by atoms with van der Waals surface area (Å²) < 4.78 is 7.57. The molecule has 2 aromatic carbocycles. The highest BCUT2D eigenvalue weighted by Gasteiger charge is 2.18. The standard InChI is InChI=1S/C23H27N3O2/c1-17(28-20-12-10-19(11-13-20)23(2,3)4)22(27)25-21-14-15-24-26(21)16-18-8-6-5-7-9-18/h5-15,17H,16H2,1-4H3,(H,25,27)/t17-/m0/s1. The molecule has 0 unspecified atom stereocenters. The van der Waals surface area contributed by atoms with Crippen molar-refractivity contribution in [3.8, 4) is 5.75 Å². The molecule has 1 heterocycles. The van der Waals surface area contributed by atoms with E-state index >= 15 is 0 Å². The summed E-state index contributed by atoms with van der Waals surface area (Å²) in [5.74, 6) is 1.11. The van der Waals surface area contributed by atoms with Crippen molar-refractivity contribution in [1.82, 2.24) is 9.78 Å². The quantitative estimate of drug-likeness (QED) is 0.681. The van der Waals surface area contributed by atoms with Gasteiger partial charge in [-0.25, -0.2) is 4.68 Å². The van der Waals surface area contributed by atoms with Gasteiger partial charge in [0.15, 0.2) is 6.10 Å². The van der Waals surface area contributed by atoms with E-state index in [2.05, 4.69) is 31.2 Å². The summed E-state index contributed by atoms with van der Waals surface area (Å²) in [4.78, 5) is 12.6. The maximum Gasteiger partial charge on any atom is 0.266 e. The summed E-state index contributed by atoms with van der Waals surface area (Å²) in [5, 5.41) is 7.20. The summed E-state index contributed by atoms with van der Waals surface area (Å²) in [6.45, 7) is 8.82. The zero-order valence-corrected chi connectivity index (χ0v) is 16.8. The number of amides is 1. The summed E-state index contributed by atoms with van der Waals surface area (Å²) in [6.07, 6.45) is 1.05. The Labute approximate surface area is 166 Å². The van der Waals surface area contributed by atoms with E-state index in [9.17, 15) is 4.79 Å². The van der Waals surface area contributed by atoms with Crippen LogP contribution in [0, 0.1) is 0 Å². The minimum atomic E-state index is -0.624. The highest BCUT2D eigenvalue weighted by molar-refractivity contribution is 5.93. The molecule has 0 saturated carbocycles. The fourth-order valence-corrected chi connectivity index (χ4v) is 2.84. The third-order valence-electron chi connectivity index (χ3n) is 4.55. The van der Waals surface area contributed by atoms with Crippen LogP contribution < -0.4 is 10.1 Å². The monoisotopic (exact) mass is 377 g/mol. The molecule has 0 radical (unpaired) electrons. The van der Waals surface area contributed by atoms with Crippen LogP contribution in [0.3, 0.4) is 0 Å². The van der Waals surface area contributed by atoms with E-state index in [4.69, 9.17) is 4.74 Å². The second-order valence-electron chi connectivity index (χ2n) is 7.88. The average Bonchev–Trinajstić information content (AvgIpc) is 3.09. The van der Waals surface area contributed by atoms with Crippen molar-refractivity contribution < 1.29 is 9.53 Å². The van der Waals surface area contributed by atoms with Crippen molar-refractivity contribution in [2.24, 2.45) is 0 Å². The smallest absolute Gasteiger partial charge is 0.266 e. The van der Waals surface area contributed by atoms with Crippen LogP contribution in [0.25, 0.3) is 0 Å². The third kappa shape index (κ3) is 5.00. The molecule has 3 aromatic rings. The molecule has 1 N–H and O–H groups in total. The highest BCUT2D eigenvalue weighted by Crippen LogP contribution is 2.24. The predicted octanol–water partition coefficient (Wildman–Crippen LogP) is 4.63. The molecule has 1 atom stereocenters. The Morgan fingerprint density at radius 3 is 2.39 bits per heavy atom. The van der Waals surface area contributed by atoms with Gasteiger partial charge in [0.1, 0.15) is 11.6 Å². The van der Waals surface area contributed by atoms with Gasteiger partial charge in [-0.05, 0) is 35.6 Å². The maximum absolute atomic E-state index is 12.6. The van der Waals surface area contributed by atoms with Gasteiger partial charge in [-0.1, -0.05) is 63.2 Å². The molecule has 1 amide bonds. The number of carbonyl (C=O) groups is 1. The highest BCUT2D eigenvalue weighted by atomic mass is 16.5.